The third-order valence-corrected chi connectivity index (χ3v) is 8.66. The lowest BCUT2D eigenvalue weighted by Gasteiger charge is -2.60. The number of carbonyl (C=O) groups is 1. The summed E-state index contributed by atoms with van der Waals surface area (Å²) in [5.74, 6) is 3.03. The Morgan fingerprint density at radius 2 is 2.00 bits per heavy atom. The summed E-state index contributed by atoms with van der Waals surface area (Å²) in [6, 6.07) is 2.82. The van der Waals surface area contributed by atoms with Gasteiger partial charge in [0, 0.05) is 24.9 Å². The number of fused-ring (bicyclic) bond motifs is 5. The van der Waals surface area contributed by atoms with Gasteiger partial charge in [0.2, 0.25) is 5.91 Å². The molecule has 1 amide bonds. The van der Waals surface area contributed by atoms with Crippen LogP contribution in [0.2, 0.25) is 0 Å². The average Bonchev–Trinajstić information content (AvgIpc) is 2.89. The Morgan fingerprint density at radius 1 is 1.21 bits per heavy atom. The van der Waals surface area contributed by atoms with Gasteiger partial charge in [0.05, 0.1) is 6.07 Å². The van der Waals surface area contributed by atoms with Crippen molar-refractivity contribution in [3.63, 3.8) is 0 Å². The minimum atomic E-state index is 0.139. The van der Waals surface area contributed by atoms with Crippen molar-refractivity contribution in [3.05, 3.63) is 12.2 Å². The molecule has 3 saturated carbocycles. The fraction of sp³-hybridized carbons (Fsp3) is 0.810. The Balaban J connectivity index is 1.65. The Hall–Kier alpha value is -1.30. The Kier molecular flexibility index (Phi) is 3.61. The summed E-state index contributed by atoms with van der Waals surface area (Å²) in [7, 11) is 1.99. The van der Waals surface area contributed by atoms with Crippen LogP contribution in [-0.2, 0) is 4.79 Å². The molecule has 0 radical (unpaired) electrons. The standard InChI is InChI=1S/C21H30N2O/c1-20-11-8-17-15(16(20)6-4-14(20)10-13-22)5-7-18-21(17,2)12-9-19(24)23(18)3/h9,12,14-18H,4-8,10-11H2,1-3H3/t14-,15?,16+,17?,18?,20-,21-/m1/s1. The van der Waals surface area contributed by atoms with E-state index >= 15 is 0 Å². The lowest BCUT2D eigenvalue weighted by Crippen LogP contribution is -2.59. The third-order valence-electron chi connectivity index (χ3n) is 8.66. The molecule has 3 aliphatic carbocycles. The van der Waals surface area contributed by atoms with Crippen LogP contribution in [0, 0.1) is 45.8 Å². The van der Waals surface area contributed by atoms with Gasteiger partial charge in [-0.15, -0.1) is 0 Å². The van der Waals surface area contributed by atoms with Crippen molar-refractivity contribution in [2.24, 2.45) is 34.5 Å². The number of likely N-dealkylation sites (N-methyl/N-ethyl adjacent to an activating group) is 1. The second-order valence-electron chi connectivity index (χ2n) is 9.30. The normalized spacial score (nSPS) is 50.0. The van der Waals surface area contributed by atoms with Crippen LogP contribution in [-0.4, -0.2) is 23.9 Å². The van der Waals surface area contributed by atoms with Gasteiger partial charge < -0.3 is 4.90 Å². The molecule has 0 bridgehead atoms. The summed E-state index contributed by atoms with van der Waals surface area (Å²) >= 11 is 0. The average molecular weight is 326 g/mol. The smallest absolute Gasteiger partial charge is 0.246 e. The van der Waals surface area contributed by atoms with E-state index in [1.807, 2.05) is 18.0 Å². The number of hydrogen-bond donors (Lipinski definition) is 0. The number of nitriles is 1. The second kappa shape index (κ2) is 5.35. The lowest BCUT2D eigenvalue weighted by atomic mass is 9.47. The highest BCUT2D eigenvalue weighted by molar-refractivity contribution is 5.89. The van der Waals surface area contributed by atoms with Crippen molar-refractivity contribution >= 4 is 5.91 Å². The summed E-state index contributed by atoms with van der Waals surface area (Å²) in [4.78, 5) is 14.1. The van der Waals surface area contributed by atoms with Crippen molar-refractivity contribution in [3.8, 4) is 6.07 Å². The Bertz CT molecular complexity index is 620. The molecular formula is C21H30N2O. The van der Waals surface area contributed by atoms with Crippen LogP contribution in [0.25, 0.3) is 0 Å². The van der Waals surface area contributed by atoms with Gasteiger partial charge in [0.15, 0.2) is 0 Å². The molecule has 3 unspecified atom stereocenters. The van der Waals surface area contributed by atoms with E-state index in [0.717, 1.165) is 24.7 Å². The molecule has 0 aromatic carbocycles. The number of amides is 1. The number of carbonyl (C=O) groups excluding carboxylic acids is 1. The highest BCUT2D eigenvalue weighted by Gasteiger charge is 2.60. The van der Waals surface area contributed by atoms with Gasteiger partial charge in [-0.2, -0.15) is 5.26 Å². The van der Waals surface area contributed by atoms with E-state index < -0.39 is 0 Å². The Labute approximate surface area is 146 Å². The molecule has 130 valence electrons. The van der Waals surface area contributed by atoms with Gasteiger partial charge >= 0.3 is 0 Å². The maximum Gasteiger partial charge on any atom is 0.246 e. The molecule has 24 heavy (non-hydrogen) atoms. The highest BCUT2D eigenvalue weighted by Crippen LogP contribution is 2.65. The predicted molar refractivity (Wildman–Crippen MR) is 93.8 cm³/mol. The van der Waals surface area contributed by atoms with Gasteiger partial charge in [-0.1, -0.05) is 19.9 Å². The summed E-state index contributed by atoms with van der Waals surface area (Å²) in [5, 5.41) is 9.22. The van der Waals surface area contributed by atoms with Crippen LogP contribution in [0.1, 0.15) is 58.8 Å². The van der Waals surface area contributed by atoms with E-state index in [1.54, 1.807) is 0 Å². The topological polar surface area (TPSA) is 44.1 Å². The number of hydrogen-bond acceptors (Lipinski definition) is 2. The largest absolute Gasteiger partial charge is 0.338 e. The predicted octanol–water partition coefficient (Wildman–Crippen LogP) is 4.16. The molecule has 3 fully saturated rings. The molecule has 0 aromatic rings. The molecule has 0 N–H and O–H groups in total. The van der Waals surface area contributed by atoms with Crippen LogP contribution in [0.15, 0.2) is 12.2 Å². The van der Waals surface area contributed by atoms with Gasteiger partial charge in [0.25, 0.3) is 0 Å². The molecule has 3 heteroatoms. The molecule has 4 aliphatic rings. The van der Waals surface area contributed by atoms with E-state index in [2.05, 4.69) is 26.0 Å². The zero-order valence-corrected chi connectivity index (χ0v) is 15.3. The number of rotatable bonds is 1. The molecule has 0 spiro atoms. The first-order valence-electron chi connectivity index (χ1n) is 9.75. The van der Waals surface area contributed by atoms with Crippen LogP contribution < -0.4 is 0 Å². The number of nitrogens with zero attached hydrogens (tertiary/aromatic N) is 2. The minimum absolute atomic E-state index is 0.139. The molecule has 0 aromatic heterocycles. The molecule has 1 aliphatic heterocycles. The van der Waals surface area contributed by atoms with E-state index in [0.29, 0.717) is 23.3 Å². The van der Waals surface area contributed by atoms with Crippen LogP contribution in [0.3, 0.4) is 0 Å². The first-order valence-corrected chi connectivity index (χ1v) is 9.75. The van der Waals surface area contributed by atoms with Crippen molar-refractivity contribution in [2.75, 3.05) is 7.05 Å². The van der Waals surface area contributed by atoms with E-state index in [4.69, 9.17) is 0 Å². The lowest BCUT2D eigenvalue weighted by molar-refractivity contribution is -0.138. The summed E-state index contributed by atoms with van der Waals surface area (Å²) < 4.78 is 0. The molecule has 3 nitrogen and oxygen atoms in total. The monoisotopic (exact) mass is 326 g/mol. The zero-order chi connectivity index (χ0) is 17.1. The van der Waals surface area contributed by atoms with Gasteiger partial charge in [0.1, 0.15) is 0 Å². The molecule has 7 atom stereocenters. The molecule has 1 heterocycles. The molecule has 4 rings (SSSR count). The second-order valence-corrected chi connectivity index (χ2v) is 9.30. The van der Waals surface area contributed by atoms with Gasteiger partial charge in [-0.25, -0.2) is 0 Å². The van der Waals surface area contributed by atoms with Gasteiger partial charge in [-0.05, 0) is 73.7 Å². The molecule has 0 saturated heterocycles. The fourth-order valence-electron chi connectivity index (χ4n) is 7.29. The first-order chi connectivity index (χ1) is 11.4. The van der Waals surface area contributed by atoms with Crippen LogP contribution in [0.4, 0.5) is 0 Å². The maximum atomic E-state index is 12.1. The summed E-state index contributed by atoms with van der Waals surface area (Å²) in [6.07, 6.45) is 12.3. The minimum Gasteiger partial charge on any atom is -0.338 e. The fourth-order valence-corrected chi connectivity index (χ4v) is 7.29. The van der Waals surface area contributed by atoms with Crippen molar-refractivity contribution in [2.45, 2.75) is 64.8 Å². The van der Waals surface area contributed by atoms with Crippen molar-refractivity contribution < 1.29 is 4.79 Å². The van der Waals surface area contributed by atoms with Crippen molar-refractivity contribution in [1.82, 2.24) is 4.90 Å². The summed E-state index contributed by atoms with van der Waals surface area (Å²) in [5.41, 5.74) is 0.514. The summed E-state index contributed by atoms with van der Waals surface area (Å²) in [6.45, 7) is 4.88. The zero-order valence-electron chi connectivity index (χ0n) is 15.3. The quantitative estimate of drug-likeness (QED) is 0.726. The maximum absolute atomic E-state index is 12.1. The molecular weight excluding hydrogens is 296 g/mol. The van der Waals surface area contributed by atoms with E-state index in [9.17, 15) is 10.1 Å². The van der Waals surface area contributed by atoms with E-state index in [-0.39, 0.29) is 11.3 Å². The van der Waals surface area contributed by atoms with Crippen molar-refractivity contribution in [1.29, 1.82) is 5.26 Å². The van der Waals surface area contributed by atoms with Crippen LogP contribution in [0.5, 0.6) is 0 Å². The van der Waals surface area contributed by atoms with Gasteiger partial charge in [-0.3, -0.25) is 4.79 Å². The Morgan fingerprint density at radius 3 is 2.75 bits per heavy atom. The van der Waals surface area contributed by atoms with Crippen LogP contribution >= 0.6 is 0 Å². The first kappa shape index (κ1) is 16.2. The SMILES string of the molecule is CN1C(=O)C=C[C@]2(C)C3CC[C@]4(C)[C@@H](CC#N)CC[C@H]4C3CCC12. The third kappa shape index (κ3) is 1.98. The van der Waals surface area contributed by atoms with E-state index in [1.165, 1.54) is 32.1 Å². The highest BCUT2D eigenvalue weighted by atomic mass is 16.2.